The van der Waals surface area contributed by atoms with Crippen molar-refractivity contribution < 1.29 is 19.3 Å². The zero-order valence-corrected chi connectivity index (χ0v) is 16.1. The van der Waals surface area contributed by atoms with Gasteiger partial charge < -0.3 is 10.1 Å². The van der Waals surface area contributed by atoms with Gasteiger partial charge in [0.2, 0.25) is 0 Å². The predicted octanol–water partition coefficient (Wildman–Crippen LogP) is 4.43. The Kier molecular flexibility index (Phi) is 7.15. The number of rotatable bonds is 6. The SMILES string of the molecule is CC(C)(C)/C(COc1ccccc1[N+](=O)[O-])=N\OC(=O)NC1CCCCC1. The van der Waals surface area contributed by atoms with Crippen LogP contribution >= 0.6 is 0 Å². The molecule has 2 rings (SSSR count). The lowest BCUT2D eigenvalue weighted by molar-refractivity contribution is -0.385. The lowest BCUT2D eigenvalue weighted by atomic mass is 9.90. The third-order valence-corrected chi connectivity index (χ3v) is 4.46. The Hall–Kier alpha value is -2.64. The highest BCUT2D eigenvalue weighted by Gasteiger charge is 2.24. The van der Waals surface area contributed by atoms with Crippen LogP contribution in [0.15, 0.2) is 29.4 Å². The predicted molar refractivity (Wildman–Crippen MR) is 102 cm³/mol. The van der Waals surface area contributed by atoms with Crippen molar-refractivity contribution in [1.82, 2.24) is 5.32 Å². The molecule has 0 aliphatic heterocycles. The number of amides is 1. The molecule has 0 saturated heterocycles. The van der Waals surface area contributed by atoms with Crippen LogP contribution in [0.25, 0.3) is 0 Å². The minimum atomic E-state index is -0.589. The Labute approximate surface area is 159 Å². The molecule has 1 aromatic rings. The molecule has 0 heterocycles. The van der Waals surface area contributed by atoms with Crippen LogP contribution in [0.4, 0.5) is 10.5 Å². The number of para-hydroxylation sites is 2. The van der Waals surface area contributed by atoms with E-state index in [0.29, 0.717) is 5.71 Å². The second-order valence-electron chi connectivity index (χ2n) is 7.66. The van der Waals surface area contributed by atoms with Gasteiger partial charge in [0, 0.05) is 17.5 Å². The smallest absolute Gasteiger partial charge is 0.433 e. The molecular weight excluding hydrogens is 350 g/mol. The monoisotopic (exact) mass is 377 g/mol. The van der Waals surface area contributed by atoms with Crippen LogP contribution in [-0.2, 0) is 4.84 Å². The summed E-state index contributed by atoms with van der Waals surface area (Å²) in [6, 6.07) is 6.25. The highest BCUT2D eigenvalue weighted by atomic mass is 16.7. The topological polar surface area (TPSA) is 103 Å². The van der Waals surface area contributed by atoms with E-state index >= 15 is 0 Å². The van der Waals surface area contributed by atoms with Gasteiger partial charge in [0.1, 0.15) is 12.3 Å². The number of carbonyl (C=O) groups is 1. The lowest BCUT2D eigenvalue weighted by Crippen LogP contribution is -2.36. The third-order valence-electron chi connectivity index (χ3n) is 4.46. The molecule has 1 aliphatic rings. The second kappa shape index (κ2) is 9.34. The molecule has 8 nitrogen and oxygen atoms in total. The first kappa shape index (κ1) is 20.7. The van der Waals surface area contributed by atoms with Gasteiger partial charge in [-0.25, -0.2) is 4.79 Å². The fourth-order valence-corrected chi connectivity index (χ4v) is 2.79. The first-order valence-corrected chi connectivity index (χ1v) is 9.18. The number of nitrogens with zero attached hydrogens (tertiary/aromatic N) is 2. The van der Waals surface area contributed by atoms with Crippen molar-refractivity contribution in [3.63, 3.8) is 0 Å². The van der Waals surface area contributed by atoms with E-state index in [4.69, 9.17) is 9.57 Å². The first-order chi connectivity index (χ1) is 12.8. The first-order valence-electron chi connectivity index (χ1n) is 9.18. The van der Waals surface area contributed by atoms with Crippen LogP contribution in [0.5, 0.6) is 5.75 Å². The summed E-state index contributed by atoms with van der Waals surface area (Å²) in [4.78, 5) is 27.6. The number of benzene rings is 1. The van der Waals surface area contributed by atoms with Gasteiger partial charge >= 0.3 is 11.8 Å². The van der Waals surface area contributed by atoms with Crippen LogP contribution in [0.2, 0.25) is 0 Å². The summed E-state index contributed by atoms with van der Waals surface area (Å²) >= 11 is 0. The van der Waals surface area contributed by atoms with E-state index in [-0.39, 0.29) is 24.1 Å². The lowest BCUT2D eigenvalue weighted by Gasteiger charge is -2.23. The summed E-state index contributed by atoms with van der Waals surface area (Å²) in [5, 5.41) is 17.9. The largest absolute Gasteiger partial charge is 0.480 e. The van der Waals surface area contributed by atoms with Gasteiger partial charge in [-0.15, -0.1) is 0 Å². The number of ether oxygens (including phenoxy) is 1. The Balaban J connectivity index is 1.99. The van der Waals surface area contributed by atoms with Crippen LogP contribution in [0.1, 0.15) is 52.9 Å². The van der Waals surface area contributed by atoms with Crippen molar-refractivity contribution in [3.05, 3.63) is 34.4 Å². The Morgan fingerprint density at radius 1 is 1.26 bits per heavy atom. The number of nitro benzene ring substituents is 1. The van der Waals surface area contributed by atoms with E-state index in [0.717, 1.165) is 25.7 Å². The normalized spacial score (nSPS) is 15.9. The molecule has 0 spiro atoms. The third kappa shape index (κ3) is 6.54. The number of hydrogen-bond acceptors (Lipinski definition) is 6. The maximum atomic E-state index is 12.0. The summed E-state index contributed by atoms with van der Waals surface area (Å²) < 4.78 is 5.59. The van der Waals surface area contributed by atoms with E-state index < -0.39 is 16.4 Å². The van der Waals surface area contributed by atoms with E-state index in [9.17, 15) is 14.9 Å². The molecule has 0 bridgehead atoms. The average Bonchev–Trinajstić information content (AvgIpc) is 2.61. The molecule has 27 heavy (non-hydrogen) atoms. The quantitative estimate of drug-likeness (QED) is 0.342. The molecule has 8 heteroatoms. The molecule has 0 radical (unpaired) electrons. The molecule has 1 amide bonds. The van der Waals surface area contributed by atoms with Crippen LogP contribution < -0.4 is 10.1 Å². The molecule has 0 unspecified atom stereocenters. The van der Waals surface area contributed by atoms with Gasteiger partial charge in [0.05, 0.1) is 4.92 Å². The zero-order chi connectivity index (χ0) is 19.9. The summed E-state index contributed by atoms with van der Waals surface area (Å²) in [6.45, 7) is 5.68. The van der Waals surface area contributed by atoms with Gasteiger partial charge in [-0.1, -0.05) is 57.3 Å². The zero-order valence-electron chi connectivity index (χ0n) is 16.1. The minimum absolute atomic E-state index is 0.0228. The van der Waals surface area contributed by atoms with E-state index in [1.165, 1.54) is 18.6 Å². The number of nitrogens with one attached hydrogen (secondary N) is 1. The van der Waals surface area contributed by atoms with Crippen molar-refractivity contribution in [2.45, 2.75) is 58.9 Å². The molecule has 1 fully saturated rings. The Morgan fingerprint density at radius 2 is 1.93 bits per heavy atom. The fourth-order valence-electron chi connectivity index (χ4n) is 2.79. The van der Waals surface area contributed by atoms with Crippen molar-refractivity contribution in [3.8, 4) is 5.75 Å². The molecular formula is C19H27N3O5. The second-order valence-corrected chi connectivity index (χ2v) is 7.66. The average molecular weight is 377 g/mol. The number of nitro groups is 1. The van der Waals surface area contributed by atoms with E-state index in [2.05, 4.69) is 10.5 Å². The number of hydrogen-bond donors (Lipinski definition) is 1. The highest BCUT2D eigenvalue weighted by molar-refractivity contribution is 5.90. The summed E-state index contributed by atoms with van der Waals surface area (Å²) in [5.74, 6) is 0.145. The summed E-state index contributed by atoms with van der Waals surface area (Å²) in [7, 11) is 0. The van der Waals surface area contributed by atoms with Gasteiger partial charge in [-0.05, 0) is 18.9 Å². The van der Waals surface area contributed by atoms with Crippen molar-refractivity contribution in [2.24, 2.45) is 10.6 Å². The molecule has 1 aromatic carbocycles. The number of carbonyl (C=O) groups excluding carboxylic acids is 1. The van der Waals surface area contributed by atoms with E-state index in [1.54, 1.807) is 12.1 Å². The standard InChI is InChI=1S/C19H27N3O5/c1-19(2,3)17(13-26-16-12-8-7-11-15(16)22(24)25)21-27-18(23)20-14-9-5-4-6-10-14/h7-8,11-12,14H,4-6,9-10,13H2,1-3H3,(H,20,23)/b21-17-. The summed E-state index contributed by atoms with van der Waals surface area (Å²) in [5.41, 5.74) is -0.0875. The maximum Gasteiger partial charge on any atom is 0.433 e. The molecule has 1 saturated carbocycles. The van der Waals surface area contributed by atoms with Gasteiger partial charge in [-0.3, -0.25) is 15.0 Å². The van der Waals surface area contributed by atoms with E-state index in [1.807, 2.05) is 20.8 Å². The summed E-state index contributed by atoms with van der Waals surface area (Å²) in [6.07, 6.45) is 4.71. The van der Waals surface area contributed by atoms with Crippen LogP contribution in [0.3, 0.4) is 0 Å². The van der Waals surface area contributed by atoms with Crippen molar-refractivity contribution in [2.75, 3.05) is 6.61 Å². The molecule has 1 N–H and O–H groups in total. The Morgan fingerprint density at radius 3 is 2.56 bits per heavy atom. The molecule has 0 atom stereocenters. The van der Waals surface area contributed by atoms with Crippen molar-refractivity contribution in [1.29, 1.82) is 0 Å². The van der Waals surface area contributed by atoms with Crippen LogP contribution in [0, 0.1) is 15.5 Å². The maximum absolute atomic E-state index is 12.0. The van der Waals surface area contributed by atoms with Gasteiger partial charge in [0.25, 0.3) is 0 Å². The van der Waals surface area contributed by atoms with Gasteiger partial charge in [-0.2, -0.15) is 0 Å². The molecule has 1 aliphatic carbocycles. The molecule has 0 aromatic heterocycles. The highest BCUT2D eigenvalue weighted by Crippen LogP contribution is 2.27. The minimum Gasteiger partial charge on any atom is -0.480 e. The fraction of sp³-hybridized carbons (Fsp3) is 0.579. The Bertz CT molecular complexity index is 691. The molecule has 148 valence electrons. The van der Waals surface area contributed by atoms with Crippen LogP contribution in [-0.4, -0.2) is 29.4 Å². The number of oxime groups is 1. The van der Waals surface area contributed by atoms with Gasteiger partial charge in [0.15, 0.2) is 5.75 Å². The van der Waals surface area contributed by atoms with Crippen molar-refractivity contribution >= 4 is 17.5 Å².